The third-order valence-electron chi connectivity index (χ3n) is 4.35. The van der Waals surface area contributed by atoms with Crippen LogP contribution in [0.15, 0.2) is 45.9 Å². The molecule has 1 aliphatic heterocycles. The van der Waals surface area contributed by atoms with Gasteiger partial charge in [0.05, 0.1) is 18.8 Å². The van der Waals surface area contributed by atoms with E-state index in [1.54, 1.807) is 7.11 Å². The Labute approximate surface area is 143 Å². The molecule has 1 N–H and O–H groups in total. The highest BCUT2D eigenvalue weighted by atomic mass is 79.9. The van der Waals surface area contributed by atoms with Crippen molar-refractivity contribution in [3.63, 3.8) is 0 Å². The van der Waals surface area contributed by atoms with Crippen LogP contribution in [0.2, 0.25) is 0 Å². The van der Waals surface area contributed by atoms with Crippen molar-refractivity contribution in [1.29, 1.82) is 0 Å². The summed E-state index contributed by atoms with van der Waals surface area (Å²) in [6, 6.07) is 13.0. The molecule has 1 unspecified atom stereocenters. The fourth-order valence-corrected chi connectivity index (χ4v) is 3.67. The van der Waals surface area contributed by atoms with Crippen LogP contribution in [0.5, 0.6) is 5.75 Å². The molecule has 118 valence electrons. The summed E-state index contributed by atoms with van der Waals surface area (Å²) >= 11 is 3.48. The first-order valence-corrected chi connectivity index (χ1v) is 8.46. The molecule has 23 heavy (non-hydrogen) atoms. The minimum Gasteiger partial charge on any atom is -0.496 e. The number of amidine groups is 1. The predicted molar refractivity (Wildman–Crippen MR) is 93.2 cm³/mol. The Morgan fingerprint density at radius 2 is 2.17 bits per heavy atom. The monoisotopic (exact) mass is 372 g/mol. The topological polar surface area (TPSA) is 42.8 Å². The van der Waals surface area contributed by atoms with Gasteiger partial charge in [-0.1, -0.05) is 28.1 Å². The van der Waals surface area contributed by atoms with Crippen LogP contribution in [-0.4, -0.2) is 13.1 Å². The Balaban J connectivity index is 1.61. The number of rotatable bonds is 2. The van der Waals surface area contributed by atoms with E-state index in [4.69, 9.17) is 9.47 Å². The molecule has 0 aromatic heterocycles. The quantitative estimate of drug-likeness (QED) is 0.856. The van der Waals surface area contributed by atoms with Crippen LogP contribution >= 0.6 is 15.9 Å². The van der Waals surface area contributed by atoms with Gasteiger partial charge in [0.2, 0.25) is 0 Å². The van der Waals surface area contributed by atoms with Crippen molar-refractivity contribution >= 4 is 27.6 Å². The zero-order valence-electron chi connectivity index (χ0n) is 12.8. The van der Waals surface area contributed by atoms with Gasteiger partial charge in [-0.3, -0.25) is 0 Å². The van der Waals surface area contributed by atoms with E-state index in [1.807, 2.05) is 30.3 Å². The number of methoxy groups -OCH3 is 1. The fraction of sp³-hybridized carbons (Fsp3) is 0.278. The number of halogens is 1. The Morgan fingerprint density at radius 3 is 3.04 bits per heavy atom. The van der Waals surface area contributed by atoms with Gasteiger partial charge in [-0.2, -0.15) is 4.99 Å². The van der Waals surface area contributed by atoms with Crippen molar-refractivity contribution in [2.24, 2.45) is 4.99 Å². The zero-order valence-corrected chi connectivity index (χ0v) is 14.4. The molecule has 1 aliphatic carbocycles. The first kappa shape index (κ1) is 14.6. The number of hydrogen-bond donors (Lipinski definition) is 1. The third kappa shape index (κ3) is 2.70. The van der Waals surface area contributed by atoms with E-state index in [0.29, 0.717) is 12.6 Å². The Hall–Kier alpha value is -2.01. The maximum absolute atomic E-state index is 5.79. The molecule has 2 aliphatic rings. The first-order chi connectivity index (χ1) is 11.2. The standard InChI is InChI=1S/C18H17BrN2O2/c1-22-16-4-2-3-11-5-7-15(17(11)16)21-18-20-14-8-6-13(19)9-12(14)10-23-18/h2-4,6,8-9,15H,5,7,10H2,1H3,(H,20,21). The van der Waals surface area contributed by atoms with Gasteiger partial charge in [0.25, 0.3) is 6.02 Å². The van der Waals surface area contributed by atoms with Gasteiger partial charge >= 0.3 is 0 Å². The number of nitrogens with one attached hydrogen (secondary N) is 1. The van der Waals surface area contributed by atoms with Crippen LogP contribution in [0.3, 0.4) is 0 Å². The van der Waals surface area contributed by atoms with Crippen molar-refractivity contribution in [2.45, 2.75) is 25.5 Å². The molecule has 2 aromatic carbocycles. The smallest absolute Gasteiger partial charge is 0.290 e. The summed E-state index contributed by atoms with van der Waals surface area (Å²) in [6.45, 7) is 0.534. The predicted octanol–water partition coefficient (Wildman–Crippen LogP) is 4.25. The second-order valence-electron chi connectivity index (χ2n) is 5.75. The van der Waals surface area contributed by atoms with E-state index in [1.165, 1.54) is 11.1 Å². The number of aryl methyl sites for hydroxylation is 1. The van der Waals surface area contributed by atoms with Crippen LogP contribution in [0.4, 0.5) is 5.69 Å². The van der Waals surface area contributed by atoms with Gasteiger partial charge in [-0.05, 0) is 42.7 Å². The number of benzene rings is 2. The lowest BCUT2D eigenvalue weighted by Gasteiger charge is -2.22. The number of fused-ring (bicyclic) bond motifs is 2. The van der Waals surface area contributed by atoms with Crippen LogP contribution in [0, 0.1) is 0 Å². The van der Waals surface area contributed by atoms with Gasteiger partial charge in [0.1, 0.15) is 12.4 Å². The number of hydrogen-bond acceptors (Lipinski definition) is 4. The summed E-state index contributed by atoms with van der Waals surface area (Å²) in [5.41, 5.74) is 4.61. The molecule has 2 aromatic rings. The molecule has 4 nitrogen and oxygen atoms in total. The molecule has 0 fully saturated rings. The lowest BCUT2D eigenvalue weighted by atomic mass is 10.1. The summed E-state index contributed by atoms with van der Waals surface area (Å²) < 4.78 is 12.3. The van der Waals surface area contributed by atoms with Gasteiger partial charge in [0.15, 0.2) is 0 Å². The van der Waals surface area contributed by atoms with E-state index in [9.17, 15) is 0 Å². The van der Waals surface area contributed by atoms with Crippen LogP contribution in [-0.2, 0) is 17.8 Å². The molecule has 1 atom stereocenters. The fourth-order valence-electron chi connectivity index (χ4n) is 3.26. The summed E-state index contributed by atoms with van der Waals surface area (Å²) in [7, 11) is 1.72. The molecule has 0 saturated heterocycles. The lowest BCUT2D eigenvalue weighted by molar-refractivity contribution is 0.265. The van der Waals surface area contributed by atoms with E-state index in [2.05, 4.69) is 32.3 Å². The maximum Gasteiger partial charge on any atom is 0.290 e. The molecule has 0 spiro atoms. The van der Waals surface area contributed by atoms with E-state index >= 15 is 0 Å². The normalized spacial score (nSPS) is 18.5. The van der Waals surface area contributed by atoms with Gasteiger partial charge < -0.3 is 14.8 Å². The zero-order chi connectivity index (χ0) is 15.8. The molecular weight excluding hydrogens is 356 g/mol. The molecule has 5 heteroatoms. The molecule has 1 heterocycles. The van der Waals surface area contributed by atoms with Gasteiger partial charge in [-0.25, -0.2) is 0 Å². The van der Waals surface area contributed by atoms with E-state index < -0.39 is 0 Å². The minimum atomic E-state index is 0.178. The van der Waals surface area contributed by atoms with Crippen molar-refractivity contribution in [3.05, 3.63) is 57.6 Å². The van der Waals surface area contributed by atoms with Crippen LogP contribution < -0.4 is 10.1 Å². The van der Waals surface area contributed by atoms with Crippen LogP contribution in [0.25, 0.3) is 0 Å². The highest BCUT2D eigenvalue weighted by Crippen LogP contribution is 2.38. The Morgan fingerprint density at radius 1 is 1.26 bits per heavy atom. The van der Waals surface area contributed by atoms with Gasteiger partial charge in [0, 0.05) is 15.6 Å². The first-order valence-electron chi connectivity index (χ1n) is 7.67. The van der Waals surface area contributed by atoms with Crippen molar-refractivity contribution in [2.75, 3.05) is 7.11 Å². The molecule has 0 saturated carbocycles. The average molecular weight is 373 g/mol. The molecule has 0 bridgehead atoms. The molecular formula is C18H17BrN2O2. The number of nitrogens with zero attached hydrogens (tertiary/aromatic N) is 1. The summed E-state index contributed by atoms with van der Waals surface area (Å²) in [5.74, 6) is 0.929. The second-order valence-corrected chi connectivity index (χ2v) is 6.66. The highest BCUT2D eigenvalue weighted by Gasteiger charge is 2.28. The molecule has 4 rings (SSSR count). The van der Waals surface area contributed by atoms with E-state index in [0.717, 1.165) is 34.3 Å². The van der Waals surface area contributed by atoms with Crippen molar-refractivity contribution < 1.29 is 9.47 Å². The summed E-state index contributed by atoms with van der Waals surface area (Å²) in [6.07, 6.45) is 2.06. The summed E-state index contributed by atoms with van der Waals surface area (Å²) in [5, 5.41) is 3.44. The van der Waals surface area contributed by atoms with Gasteiger partial charge in [-0.15, -0.1) is 0 Å². The SMILES string of the molecule is COc1cccc2c1C(NC1=Nc3ccc(Br)cc3CO1)CC2. The Bertz CT molecular complexity index is 789. The number of ether oxygens (including phenoxy) is 2. The third-order valence-corrected chi connectivity index (χ3v) is 4.85. The largest absolute Gasteiger partial charge is 0.496 e. The van der Waals surface area contributed by atoms with Crippen molar-refractivity contribution in [1.82, 2.24) is 5.32 Å². The second kappa shape index (κ2) is 5.89. The lowest BCUT2D eigenvalue weighted by Crippen LogP contribution is -2.30. The molecule has 0 radical (unpaired) electrons. The summed E-state index contributed by atoms with van der Waals surface area (Å²) in [4.78, 5) is 4.60. The average Bonchev–Trinajstić information content (AvgIpc) is 2.98. The van der Waals surface area contributed by atoms with Crippen LogP contribution in [0.1, 0.15) is 29.2 Å². The molecule has 0 amide bonds. The Kier molecular flexibility index (Phi) is 3.73. The number of aliphatic imine (C=N–C) groups is 1. The maximum atomic E-state index is 5.79. The van der Waals surface area contributed by atoms with E-state index in [-0.39, 0.29) is 6.04 Å². The minimum absolute atomic E-state index is 0.178. The van der Waals surface area contributed by atoms with Crippen molar-refractivity contribution in [3.8, 4) is 5.75 Å². The highest BCUT2D eigenvalue weighted by molar-refractivity contribution is 9.10.